The van der Waals surface area contributed by atoms with Crippen LogP contribution in [0.2, 0.25) is 0 Å². The molecule has 3 atom stereocenters. The Hall–Kier alpha value is -1.73. The fraction of sp³-hybridized carbons (Fsp3) is 0.588. The summed E-state index contributed by atoms with van der Waals surface area (Å²) < 4.78 is 10.7. The Morgan fingerprint density at radius 3 is 2.71 bits per heavy atom. The van der Waals surface area contributed by atoms with Gasteiger partial charge in [0.2, 0.25) is 0 Å². The van der Waals surface area contributed by atoms with Crippen LogP contribution < -0.4 is 9.47 Å². The van der Waals surface area contributed by atoms with E-state index >= 15 is 0 Å². The van der Waals surface area contributed by atoms with Gasteiger partial charge >= 0.3 is 0 Å². The van der Waals surface area contributed by atoms with E-state index in [1.165, 1.54) is 0 Å². The second kappa shape index (κ2) is 6.36. The average molecular weight is 289 g/mol. The Morgan fingerprint density at radius 2 is 2.14 bits per heavy atom. The first-order chi connectivity index (χ1) is 10.1. The summed E-state index contributed by atoms with van der Waals surface area (Å²) in [7, 11) is 3.12. The van der Waals surface area contributed by atoms with Gasteiger partial charge in [0.1, 0.15) is 6.10 Å². The number of benzene rings is 1. The van der Waals surface area contributed by atoms with Crippen molar-refractivity contribution in [3.63, 3.8) is 0 Å². The highest BCUT2D eigenvalue weighted by atomic mass is 16.5. The lowest BCUT2D eigenvalue weighted by atomic mass is 9.66. The van der Waals surface area contributed by atoms with Crippen LogP contribution in [0.15, 0.2) is 18.2 Å². The molecule has 1 aliphatic rings. The maximum Gasteiger partial charge on any atom is 0.166 e. The van der Waals surface area contributed by atoms with Gasteiger partial charge in [-0.05, 0) is 24.8 Å². The predicted octanol–water partition coefficient (Wildman–Crippen LogP) is 3.46. The molecule has 0 saturated heterocycles. The van der Waals surface area contributed by atoms with Crippen molar-refractivity contribution in [3.05, 3.63) is 23.8 Å². The number of hydrogen-bond donors (Lipinski definition) is 1. The van der Waals surface area contributed by atoms with Crippen LogP contribution in [0.25, 0.3) is 0 Å². The van der Waals surface area contributed by atoms with E-state index in [1.54, 1.807) is 20.3 Å². The molecule has 1 aliphatic carbocycles. The molecule has 0 amide bonds. The van der Waals surface area contributed by atoms with Gasteiger partial charge in [-0.2, -0.15) is 5.26 Å². The predicted molar refractivity (Wildman–Crippen MR) is 80.2 cm³/mol. The van der Waals surface area contributed by atoms with Crippen molar-refractivity contribution in [3.8, 4) is 17.6 Å². The molecule has 1 aromatic carbocycles. The number of nitriles is 1. The molecule has 2 rings (SSSR count). The van der Waals surface area contributed by atoms with E-state index < -0.39 is 11.5 Å². The molecule has 0 radical (unpaired) electrons. The molecule has 0 heterocycles. The Balaban J connectivity index is 2.43. The van der Waals surface area contributed by atoms with Crippen molar-refractivity contribution >= 4 is 0 Å². The van der Waals surface area contributed by atoms with E-state index in [4.69, 9.17) is 9.47 Å². The van der Waals surface area contributed by atoms with Gasteiger partial charge in [0.05, 0.1) is 25.7 Å². The Bertz CT molecular complexity index is 537. The largest absolute Gasteiger partial charge is 0.493 e. The zero-order chi connectivity index (χ0) is 15.5. The fourth-order valence-corrected chi connectivity index (χ4v) is 3.43. The van der Waals surface area contributed by atoms with Crippen LogP contribution in [0, 0.1) is 22.7 Å². The quantitative estimate of drug-likeness (QED) is 0.922. The highest BCUT2D eigenvalue weighted by Crippen LogP contribution is 2.50. The lowest BCUT2D eigenvalue weighted by molar-refractivity contribution is 0.0202. The first-order valence-electron chi connectivity index (χ1n) is 7.38. The summed E-state index contributed by atoms with van der Waals surface area (Å²) in [6, 6.07) is 7.80. The minimum absolute atomic E-state index is 0.449. The third kappa shape index (κ3) is 2.84. The summed E-state index contributed by atoms with van der Waals surface area (Å²) in [6.07, 6.45) is 2.65. The topological polar surface area (TPSA) is 62.5 Å². The second-order valence-corrected chi connectivity index (χ2v) is 5.95. The zero-order valence-corrected chi connectivity index (χ0v) is 12.9. The summed E-state index contributed by atoms with van der Waals surface area (Å²) >= 11 is 0. The smallest absolute Gasteiger partial charge is 0.166 e. The molecule has 0 bridgehead atoms. The summed E-state index contributed by atoms with van der Waals surface area (Å²) in [5.74, 6) is 1.54. The molecular formula is C17H23NO3. The second-order valence-electron chi connectivity index (χ2n) is 5.95. The number of ether oxygens (including phenoxy) is 2. The van der Waals surface area contributed by atoms with E-state index in [9.17, 15) is 10.4 Å². The van der Waals surface area contributed by atoms with Gasteiger partial charge in [0.15, 0.2) is 11.5 Å². The third-order valence-electron chi connectivity index (χ3n) is 4.51. The standard InChI is InChI=1S/C17H23NO3/c1-12-6-5-9-17(10-12,11-18)16(19)13-7-4-8-14(20-2)15(13)21-3/h4,7-8,12,16,19H,5-6,9-10H2,1-3H3. The molecular weight excluding hydrogens is 266 g/mol. The van der Waals surface area contributed by atoms with Gasteiger partial charge in [0, 0.05) is 5.56 Å². The lowest BCUT2D eigenvalue weighted by Gasteiger charge is -2.38. The van der Waals surface area contributed by atoms with Crippen LogP contribution in [-0.4, -0.2) is 19.3 Å². The first-order valence-corrected chi connectivity index (χ1v) is 7.38. The molecule has 4 nitrogen and oxygen atoms in total. The van der Waals surface area contributed by atoms with Crippen molar-refractivity contribution in [1.29, 1.82) is 5.26 Å². The number of para-hydroxylation sites is 1. The van der Waals surface area contributed by atoms with Crippen molar-refractivity contribution < 1.29 is 14.6 Å². The highest BCUT2D eigenvalue weighted by Gasteiger charge is 2.43. The Morgan fingerprint density at radius 1 is 1.38 bits per heavy atom. The minimum Gasteiger partial charge on any atom is -0.493 e. The van der Waals surface area contributed by atoms with E-state index in [-0.39, 0.29) is 0 Å². The van der Waals surface area contributed by atoms with Gasteiger partial charge in [-0.15, -0.1) is 0 Å². The van der Waals surface area contributed by atoms with E-state index in [2.05, 4.69) is 13.0 Å². The average Bonchev–Trinajstić information content (AvgIpc) is 2.52. The van der Waals surface area contributed by atoms with Crippen LogP contribution in [-0.2, 0) is 0 Å². The zero-order valence-electron chi connectivity index (χ0n) is 12.9. The number of rotatable bonds is 4. The van der Waals surface area contributed by atoms with E-state index in [0.29, 0.717) is 29.4 Å². The van der Waals surface area contributed by atoms with Gasteiger partial charge in [0.25, 0.3) is 0 Å². The molecule has 0 aromatic heterocycles. The van der Waals surface area contributed by atoms with Crippen molar-refractivity contribution in [1.82, 2.24) is 0 Å². The molecule has 114 valence electrons. The summed E-state index contributed by atoms with van der Waals surface area (Å²) in [5, 5.41) is 20.6. The van der Waals surface area contributed by atoms with Crippen LogP contribution in [0.3, 0.4) is 0 Å². The number of nitrogens with zero attached hydrogens (tertiary/aromatic N) is 1. The maximum absolute atomic E-state index is 10.9. The number of aliphatic hydroxyl groups excluding tert-OH is 1. The molecule has 1 saturated carbocycles. The number of aliphatic hydroxyl groups is 1. The van der Waals surface area contributed by atoms with Crippen molar-refractivity contribution in [2.75, 3.05) is 14.2 Å². The van der Waals surface area contributed by atoms with Gasteiger partial charge in [-0.3, -0.25) is 0 Å². The molecule has 0 spiro atoms. The lowest BCUT2D eigenvalue weighted by Crippen LogP contribution is -2.33. The van der Waals surface area contributed by atoms with Crippen molar-refractivity contribution in [2.24, 2.45) is 11.3 Å². The first kappa shape index (κ1) is 15.7. The van der Waals surface area contributed by atoms with Crippen LogP contribution in [0.5, 0.6) is 11.5 Å². The number of methoxy groups -OCH3 is 2. The molecule has 3 unspecified atom stereocenters. The van der Waals surface area contributed by atoms with E-state index in [0.717, 1.165) is 19.3 Å². The third-order valence-corrected chi connectivity index (χ3v) is 4.51. The molecule has 1 fully saturated rings. The summed E-state index contributed by atoms with van der Waals surface area (Å²) in [6.45, 7) is 2.14. The minimum atomic E-state index is -0.865. The summed E-state index contributed by atoms with van der Waals surface area (Å²) in [5.41, 5.74) is -0.107. The van der Waals surface area contributed by atoms with Gasteiger partial charge in [-0.1, -0.05) is 31.9 Å². The van der Waals surface area contributed by atoms with Crippen molar-refractivity contribution in [2.45, 2.75) is 38.7 Å². The fourth-order valence-electron chi connectivity index (χ4n) is 3.43. The highest BCUT2D eigenvalue weighted by molar-refractivity contribution is 5.48. The summed E-state index contributed by atoms with van der Waals surface area (Å²) in [4.78, 5) is 0. The van der Waals surface area contributed by atoms with Crippen LogP contribution >= 0.6 is 0 Å². The molecule has 1 N–H and O–H groups in total. The van der Waals surface area contributed by atoms with E-state index in [1.807, 2.05) is 12.1 Å². The maximum atomic E-state index is 10.9. The van der Waals surface area contributed by atoms with Gasteiger partial charge < -0.3 is 14.6 Å². The number of hydrogen-bond acceptors (Lipinski definition) is 4. The van der Waals surface area contributed by atoms with Crippen LogP contribution in [0.4, 0.5) is 0 Å². The molecule has 1 aromatic rings. The Kier molecular flexibility index (Phi) is 4.74. The van der Waals surface area contributed by atoms with Gasteiger partial charge in [-0.25, -0.2) is 0 Å². The van der Waals surface area contributed by atoms with Crippen LogP contribution in [0.1, 0.15) is 44.3 Å². The SMILES string of the molecule is COc1cccc(C(O)C2(C#N)CCCC(C)C2)c1OC. The molecule has 21 heavy (non-hydrogen) atoms. The normalized spacial score (nSPS) is 26.7. The monoisotopic (exact) mass is 289 g/mol. The Labute approximate surface area is 126 Å². The molecule has 0 aliphatic heterocycles. The molecule has 4 heteroatoms.